The van der Waals surface area contributed by atoms with Crippen molar-refractivity contribution >= 4 is 50.6 Å². The maximum Gasteiger partial charge on any atom is 0.115 e. The van der Waals surface area contributed by atoms with Gasteiger partial charge in [-0.25, -0.2) is 4.98 Å². The highest BCUT2D eigenvalue weighted by Gasteiger charge is 2.17. The third kappa shape index (κ3) is 4.19. The van der Waals surface area contributed by atoms with Crippen LogP contribution in [-0.2, 0) is 0 Å². The van der Waals surface area contributed by atoms with Crippen LogP contribution in [0.2, 0.25) is 0 Å². The van der Waals surface area contributed by atoms with E-state index in [-0.39, 0.29) is 0 Å². The predicted octanol–water partition coefficient (Wildman–Crippen LogP) is 10.6. The molecule has 0 aliphatic carbocycles. The molecule has 0 unspecified atom stereocenters. The number of fused-ring (bicyclic) bond motifs is 12. The molecule has 0 spiro atoms. The number of aromatic amines is 2. The third-order valence-electron chi connectivity index (χ3n) is 8.75. The Bertz CT molecular complexity index is 2510. The summed E-state index contributed by atoms with van der Waals surface area (Å²) >= 11 is 0. The van der Waals surface area contributed by atoms with E-state index in [0.29, 0.717) is 0 Å². The minimum Gasteiger partial charge on any atom is -0.354 e. The van der Waals surface area contributed by atoms with Crippen LogP contribution in [0.3, 0.4) is 0 Å². The van der Waals surface area contributed by atoms with Crippen LogP contribution < -0.4 is 0 Å². The molecule has 45 heavy (non-hydrogen) atoms. The van der Waals surface area contributed by atoms with Crippen LogP contribution in [-0.4, -0.2) is 19.4 Å². The Morgan fingerprint density at radius 1 is 0.422 bits per heavy atom. The average Bonchev–Trinajstić information content (AvgIpc) is 3.92. The summed E-state index contributed by atoms with van der Waals surface area (Å²) in [6, 6.07) is 49.1. The van der Waals surface area contributed by atoms with E-state index in [1.165, 1.54) is 5.39 Å². The standard InChI is InChI=1S/C41H28N4/c1-4-12-27(13-5-1)39-31-26-45(37-19-11-10-18-30(31)37)38-25-24-36(44-38)41(29-16-8-3-9-17-29)35-23-22-34(43-35)40(28-14-6-2-7-15-28)33-21-20-32(39)42-33/h1-26,43-44H. The number of para-hydroxylation sites is 1. The second kappa shape index (κ2) is 10.2. The monoisotopic (exact) mass is 576 g/mol. The van der Waals surface area contributed by atoms with Crippen molar-refractivity contribution in [3.05, 3.63) is 157 Å². The largest absolute Gasteiger partial charge is 0.354 e. The van der Waals surface area contributed by atoms with Gasteiger partial charge in [0, 0.05) is 50.2 Å². The van der Waals surface area contributed by atoms with Crippen molar-refractivity contribution in [2.75, 3.05) is 0 Å². The molecular weight excluding hydrogens is 548 g/mol. The van der Waals surface area contributed by atoms with Crippen LogP contribution >= 0.6 is 0 Å². The highest BCUT2D eigenvalue weighted by atomic mass is 15.0. The zero-order chi connectivity index (χ0) is 29.7. The second-order valence-corrected chi connectivity index (χ2v) is 11.4. The second-order valence-electron chi connectivity index (χ2n) is 11.4. The van der Waals surface area contributed by atoms with Crippen molar-refractivity contribution in [2.45, 2.75) is 0 Å². The molecule has 1 aliphatic heterocycles. The minimum absolute atomic E-state index is 0.930. The first-order chi connectivity index (χ1) is 22.3. The van der Waals surface area contributed by atoms with Crippen LogP contribution in [0.25, 0.3) is 84.0 Å². The Morgan fingerprint density at radius 3 is 1.62 bits per heavy atom. The Morgan fingerprint density at radius 2 is 0.933 bits per heavy atom. The minimum atomic E-state index is 0.930. The smallest absolute Gasteiger partial charge is 0.115 e. The first kappa shape index (κ1) is 25.4. The van der Waals surface area contributed by atoms with Crippen molar-refractivity contribution in [3.63, 3.8) is 0 Å². The fraction of sp³-hybridized carbons (Fsp3) is 0. The highest BCUT2D eigenvalue weighted by molar-refractivity contribution is 6.08. The maximum atomic E-state index is 5.38. The van der Waals surface area contributed by atoms with Gasteiger partial charge in [0.2, 0.25) is 0 Å². The fourth-order valence-electron chi connectivity index (χ4n) is 6.73. The number of benzene rings is 4. The first-order valence-corrected chi connectivity index (χ1v) is 15.2. The van der Waals surface area contributed by atoms with Gasteiger partial charge in [-0.3, -0.25) is 0 Å². The summed E-state index contributed by atoms with van der Waals surface area (Å²) in [4.78, 5) is 13.0. The van der Waals surface area contributed by atoms with Gasteiger partial charge in [0.25, 0.3) is 0 Å². The number of hydrogen-bond donors (Lipinski definition) is 2. The maximum absolute atomic E-state index is 5.38. The van der Waals surface area contributed by atoms with Crippen LogP contribution in [0.1, 0.15) is 11.4 Å². The van der Waals surface area contributed by atoms with E-state index in [2.05, 4.69) is 172 Å². The molecule has 4 nitrogen and oxygen atoms in total. The molecule has 0 fully saturated rings. The summed E-state index contributed by atoms with van der Waals surface area (Å²) in [5.74, 6) is 0. The highest BCUT2D eigenvalue weighted by Crippen LogP contribution is 2.38. The Labute approximate surface area is 260 Å². The normalized spacial score (nSPS) is 11.9. The van der Waals surface area contributed by atoms with E-state index in [0.717, 1.165) is 77.9 Å². The van der Waals surface area contributed by atoms with Crippen molar-refractivity contribution in [1.82, 2.24) is 19.4 Å². The van der Waals surface area contributed by atoms with Gasteiger partial charge >= 0.3 is 0 Å². The molecular formula is C41H28N4. The van der Waals surface area contributed by atoms with Crippen molar-refractivity contribution in [2.24, 2.45) is 0 Å². The molecule has 4 aromatic carbocycles. The number of hydrogen-bond acceptors (Lipinski definition) is 1. The molecule has 4 heteroatoms. The summed E-state index contributed by atoms with van der Waals surface area (Å²) < 4.78 is 2.27. The number of rotatable bonds is 3. The number of aromatic nitrogens is 4. The van der Waals surface area contributed by atoms with Crippen LogP contribution in [0.5, 0.6) is 0 Å². The molecule has 2 N–H and O–H groups in total. The van der Waals surface area contributed by atoms with Crippen LogP contribution in [0.15, 0.2) is 146 Å². The van der Waals surface area contributed by atoms with Crippen molar-refractivity contribution in [1.29, 1.82) is 0 Å². The molecule has 0 atom stereocenters. The molecule has 0 saturated carbocycles. The van der Waals surface area contributed by atoms with Gasteiger partial charge in [-0.15, -0.1) is 0 Å². The summed E-state index contributed by atoms with van der Waals surface area (Å²) in [7, 11) is 0. The van der Waals surface area contributed by atoms with Gasteiger partial charge in [0.15, 0.2) is 0 Å². The molecule has 0 radical (unpaired) electrons. The summed E-state index contributed by atoms with van der Waals surface area (Å²) in [6.45, 7) is 0. The van der Waals surface area contributed by atoms with E-state index in [9.17, 15) is 0 Å². The molecule has 8 bridgehead atoms. The topological polar surface area (TPSA) is 48.9 Å². The Hall–Kier alpha value is -6.13. The van der Waals surface area contributed by atoms with Gasteiger partial charge in [-0.1, -0.05) is 109 Å². The van der Waals surface area contributed by atoms with E-state index >= 15 is 0 Å². The lowest BCUT2D eigenvalue weighted by molar-refractivity contribution is 1.24. The summed E-state index contributed by atoms with van der Waals surface area (Å²) in [5, 5.41) is 2.32. The van der Waals surface area contributed by atoms with Crippen LogP contribution in [0.4, 0.5) is 0 Å². The molecule has 1 aliphatic rings. The fourth-order valence-corrected chi connectivity index (χ4v) is 6.73. The zero-order valence-corrected chi connectivity index (χ0v) is 24.4. The Balaban J connectivity index is 1.54. The third-order valence-corrected chi connectivity index (χ3v) is 8.75. The van der Waals surface area contributed by atoms with E-state index in [1.807, 2.05) is 0 Å². The van der Waals surface area contributed by atoms with E-state index in [1.54, 1.807) is 0 Å². The quantitative estimate of drug-likeness (QED) is 0.216. The molecule has 0 amide bonds. The lowest BCUT2D eigenvalue weighted by Crippen LogP contribution is -1.87. The summed E-state index contributed by atoms with van der Waals surface area (Å²) in [5.41, 5.74) is 13.8. The van der Waals surface area contributed by atoms with Gasteiger partial charge < -0.3 is 14.4 Å². The summed E-state index contributed by atoms with van der Waals surface area (Å²) in [6.07, 6.45) is 6.58. The van der Waals surface area contributed by atoms with Crippen molar-refractivity contribution in [3.8, 4) is 33.4 Å². The number of nitrogens with one attached hydrogen (secondary N) is 2. The van der Waals surface area contributed by atoms with Gasteiger partial charge in [-0.2, -0.15) is 0 Å². The molecule has 8 aromatic rings. The van der Waals surface area contributed by atoms with Gasteiger partial charge in [-0.05, 0) is 59.2 Å². The lowest BCUT2D eigenvalue weighted by atomic mass is 10.00. The van der Waals surface area contributed by atoms with Crippen molar-refractivity contribution < 1.29 is 0 Å². The predicted molar refractivity (Wildman–Crippen MR) is 188 cm³/mol. The lowest BCUT2D eigenvalue weighted by Gasteiger charge is -2.06. The number of nitrogens with zero attached hydrogens (tertiary/aromatic N) is 2. The molecule has 5 heterocycles. The van der Waals surface area contributed by atoms with Crippen LogP contribution in [0, 0.1) is 0 Å². The average molecular weight is 577 g/mol. The van der Waals surface area contributed by atoms with Gasteiger partial charge in [0.1, 0.15) is 5.65 Å². The van der Waals surface area contributed by atoms with E-state index < -0.39 is 0 Å². The zero-order valence-electron chi connectivity index (χ0n) is 24.4. The molecule has 4 aromatic heterocycles. The molecule has 9 rings (SSSR count). The van der Waals surface area contributed by atoms with E-state index in [4.69, 9.17) is 4.98 Å². The Kier molecular flexibility index (Phi) is 5.78. The molecule has 212 valence electrons. The molecule has 0 saturated heterocycles. The first-order valence-electron chi connectivity index (χ1n) is 15.2. The van der Waals surface area contributed by atoms with Gasteiger partial charge in [0.05, 0.1) is 16.9 Å². The number of H-pyrrole nitrogens is 2. The SMILES string of the molecule is C1=Cc2nc1c(-c1ccccc1)c1ccc([nH]1)c(-c1ccccc1)c1ccc([nH]1)n1cc(c2-c2ccccc2)c2ccccc21.